The largest absolute Gasteiger partial charge is 0.508 e. The molecule has 2 nitrogen and oxygen atoms in total. The Labute approximate surface area is 90.3 Å². The van der Waals surface area contributed by atoms with E-state index in [2.05, 4.69) is 18.7 Å². The first-order valence-electron chi connectivity index (χ1n) is 5.15. The molecule has 0 bridgehead atoms. The third-order valence-corrected chi connectivity index (χ3v) is 2.16. The quantitative estimate of drug-likeness (QED) is 0.827. The summed E-state index contributed by atoms with van der Waals surface area (Å²) in [6.45, 7) is 5.75. The predicted molar refractivity (Wildman–Crippen MR) is 59.2 cm³/mol. The Balaban J connectivity index is 2.67. The minimum atomic E-state index is -0.305. The van der Waals surface area contributed by atoms with Crippen LogP contribution in [0.1, 0.15) is 19.4 Å². The van der Waals surface area contributed by atoms with Gasteiger partial charge in [0.25, 0.3) is 0 Å². The van der Waals surface area contributed by atoms with Gasteiger partial charge in [0.05, 0.1) is 0 Å². The van der Waals surface area contributed by atoms with Crippen molar-refractivity contribution in [2.45, 2.75) is 20.4 Å². The molecule has 0 amide bonds. The maximum absolute atomic E-state index is 12.9. The first-order chi connectivity index (χ1) is 6.99. The van der Waals surface area contributed by atoms with E-state index in [1.807, 2.05) is 7.05 Å². The number of phenolic OH excluding ortho intramolecular Hbond substituents is 1. The van der Waals surface area contributed by atoms with Crippen LogP contribution < -0.4 is 0 Å². The highest BCUT2D eigenvalue weighted by atomic mass is 19.1. The minimum Gasteiger partial charge on any atom is -0.508 e. The second kappa shape index (κ2) is 5.12. The van der Waals surface area contributed by atoms with Gasteiger partial charge in [-0.3, -0.25) is 0 Å². The van der Waals surface area contributed by atoms with Gasteiger partial charge in [-0.1, -0.05) is 13.8 Å². The molecule has 0 radical (unpaired) electrons. The number of hydrogen-bond donors (Lipinski definition) is 1. The molecule has 0 aliphatic carbocycles. The Morgan fingerprint density at radius 3 is 2.67 bits per heavy atom. The summed E-state index contributed by atoms with van der Waals surface area (Å²) in [5.74, 6) is 0.415. The molecule has 0 aliphatic rings. The van der Waals surface area contributed by atoms with E-state index in [-0.39, 0.29) is 11.6 Å². The van der Waals surface area contributed by atoms with Crippen molar-refractivity contribution in [3.8, 4) is 5.75 Å². The highest BCUT2D eigenvalue weighted by Gasteiger charge is 2.07. The summed E-state index contributed by atoms with van der Waals surface area (Å²) in [4.78, 5) is 2.07. The molecule has 0 heterocycles. The van der Waals surface area contributed by atoms with Gasteiger partial charge in [0.2, 0.25) is 0 Å². The van der Waals surface area contributed by atoms with E-state index in [0.29, 0.717) is 18.0 Å². The Hall–Kier alpha value is -1.09. The summed E-state index contributed by atoms with van der Waals surface area (Å²) in [5, 5.41) is 9.52. The molecule has 0 aliphatic heterocycles. The van der Waals surface area contributed by atoms with Crippen molar-refractivity contribution in [1.82, 2.24) is 4.90 Å². The number of nitrogens with zero attached hydrogens (tertiary/aromatic N) is 1. The summed E-state index contributed by atoms with van der Waals surface area (Å²) in [7, 11) is 1.96. The lowest BCUT2D eigenvalue weighted by molar-refractivity contribution is 0.283. The van der Waals surface area contributed by atoms with Gasteiger partial charge in [0.15, 0.2) is 0 Å². The van der Waals surface area contributed by atoms with Crippen LogP contribution in [0.5, 0.6) is 5.75 Å². The smallest absolute Gasteiger partial charge is 0.123 e. The third kappa shape index (κ3) is 3.88. The monoisotopic (exact) mass is 211 g/mol. The van der Waals surface area contributed by atoms with Gasteiger partial charge in [0, 0.05) is 18.7 Å². The Bertz CT molecular complexity index is 325. The third-order valence-electron chi connectivity index (χ3n) is 2.16. The lowest BCUT2D eigenvalue weighted by atomic mass is 10.1. The molecule has 0 aromatic heterocycles. The highest BCUT2D eigenvalue weighted by Crippen LogP contribution is 2.19. The van der Waals surface area contributed by atoms with Crippen LogP contribution in [-0.2, 0) is 6.54 Å². The van der Waals surface area contributed by atoms with Crippen molar-refractivity contribution >= 4 is 0 Å². The van der Waals surface area contributed by atoms with Gasteiger partial charge < -0.3 is 10.0 Å². The Morgan fingerprint density at radius 2 is 2.07 bits per heavy atom. The summed E-state index contributed by atoms with van der Waals surface area (Å²) in [5.41, 5.74) is 0.637. The van der Waals surface area contributed by atoms with E-state index < -0.39 is 0 Å². The van der Waals surface area contributed by atoms with Crippen molar-refractivity contribution in [3.63, 3.8) is 0 Å². The van der Waals surface area contributed by atoms with Crippen LogP contribution >= 0.6 is 0 Å². The minimum absolute atomic E-state index is 0.159. The van der Waals surface area contributed by atoms with Gasteiger partial charge in [0.1, 0.15) is 11.6 Å². The maximum atomic E-state index is 12.9. The summed E-state index contributed by atoms with van der Waals surface area (Å²) < 4.78 is 12.9. The second-order valence-corrected chi connectivity index (χ2v) is 4.36. The van der Waals surface area contributed by atoms with Gasteiger partial charge in [-0.2, -0.15) is 0 Å². The molecular formula is C12H18FNO. The van der Waals surface area contributed by atoms with Crippen molar-refractivity contribution < 1.29 is 9.50 Å². The fourth-order valence-corrected chi connectivity index (χ4v) is 1.66. The van der Waals surface area contributed by atoms with Crippen LogP contribution in [0.2, 0.25) is 0 Å². The topological polar surface area (TPSA) is 23.5 Å². The molecule has 0 saturated heterocycles. The molecule has 84 valence electrons. The molecule has 0 unspecified atom stereocenters. The molecule has 3 heteroatoms. The lowest BCUT2D eigenvalue weighted by Crippen LogP contribution is -2.22. The van der Waals surface area contributed by atoms with E-state index in [4.69, 9.17) is 0 Å². The fraction of sp³-hybridized carbons (Fsp3) is 0.500. The SMILES string of the molecule is CC(C)CN(C)Cc1cc(F)ccc1O. The average Bonchev–Trinajstić information content (AvgIpc) is 2.10. The zero-order valence-corrected chi connectivity index (χ0v) is 9.50. The normalized spacial score (nSPS) is 11.3. The van der Waals surface area contributed by atoms with E-state index >= 15 is 0 Å². The molecule has 0 atom stereocenters. The molecule has 15 heavy (non-hydrogen) atoms. The predicted octanol–water partition coefficient (Wildman–Crippen LogP) is 2.62. The number of hydrogen-bond acceptors (Lipinski definition) is 2. The zero-order valence-electron chi connectivity index (χ0n) is 9.50. The molecular weight excluding hydrogens is 193 g/mol. The number of halogens is 1. The number of rotatable bonds is 4. The van der Waals surface area contributed by atoms with E-state index in [1.54, 1.807) is 0 Å². The molecule has 1 aromatic carbocycles. The standard InChI is InChI=1S/C12H18FNO/c1-9(2)7-14(3)8-10-6-11(13)4-5-12(10)15/h4-6,9,15H,7-8H2,1-3H3. The van der Waals surface area contributed by atoms with Crippen molar-refractivity contribution in [2.24, 2.45) is 5.92 Å². The fourth-order valence-electron chi connectivity index (χ4n) is 1.66. The molecule has 0 saturated carbocycles. The van der Waals surface area contributed by atoms with Crippen molar-refractivity contribution in [2.75, 3.05) is 13.6 Å². The Kier molecular flexibility index (Phi) is 4.09. The van der Waals surface area contributed by atoms with Crippen LogP contribution in [0, 0.1) is 11.7 Å². The summed E-state index contributed by atoms with van der Waals surface area (Å²) in [6, 6.07) is 4.04. The van der Waals surface area contributed by atoms with Crippen LogP contribution in [0.25, 0.3) is 0 Å². The molecule has 1 N–H and O–H groups in total. The molecule has 1 rings (SSSR count). The van der Waals surface area contributed by atoms with Crippen LogP contribution in [0.3, 0.4) is 0 Å². The average molecular weight is 211 g/mol. The summed E-state index contributed by atoms with van der Waals surface area (Å²) in [6.07, 6.45) is 0. The lowest BCUT2D eigenvalue weighted by Gasteiger charge is -2.19. The van der Waals surface area contributed by atoms with Crippen molar-refractivity contribution in [1.29, 1.82) is 0 Å². The first-order valence-corrected chi connectivity index (χ1v) is 5.15. The zero-order chi connectivity index (χ0) is 11.4. The number of aromatic hydroxyl groups is 1. The first kappa shape index (κ1) is 12.0. The van der Waals surface area contributed by atoms with Crippen LogP contribution in [0.15, 0.2) is 18.2 Å². The number of benzene rings is 1. The van der Waals surface area contributed by atoms with Gasteiger partial charge >= 0.3 is 0 Å². The molecule has 0 fully saturated rings. The summed E-state index contributed by atoms with van der Waals surface area (Å²) >= 11 is 0. The van der Waals surface area contributed by atoms with Gasteiger partial charge in [-0.05, 0) is 31.2 Å². The van der Waals surface area contributed by atoms with E-state index in [9.17, 15) is 9.50 Å². The number of phenols is 1. The highest BCUT2D eigenvalue weighted by molar-refractivity contribution is 5.32. The molecule has 0 spiro atoms. The van der Waals surface area contributed by atoms with Crippen LogP contribution in [0.4, 0.5) is 4.39 Å². The second-order valence-electron chi connectivity index (χ2n) is 4.36. The van der Waals surface area contributed by atoms with E-state index in [0.717, 1.165) is 6.54 Å². The van der Waals surface area contributed by atoms with Crippen LogP contribution in [-0.4, -0.2) is 23.6 Å². The van der Waals surface area contributed by atoms with E-state index in [1.165, 1.54) is 18.2 Å². The maximum Gasteiger partial charge on any atom is 0.123 e. The molecule has 1 aromatic rings. The van der Waals surface area contributed by atoms with Gasteiger partial charge in [-0.25, -0.2) is 4.39 Å². The van der Waals surface area contributed by atoms with Gasteiger partial charge in [-0.15, -0.1) is 0 Å². The van der Waals surface area contributed by atoms with Crippen molar-refractivity contribution in [3.05, 3.63) is 29.6 Å². The Morgan fingerprint density at radius 1 is 1.40 bits per heavy atom.